The Morgan fingerprint density at radius 1 is 1.11 bits per heavy atom. The number of carbonyl (C=O) groups is 1. The molecule has 1 heterocycles. The van der Waals surface area contributed by atoms with E-state index in [1.165, 1.54) is 0 Å². The van der Waals surface area contributed by atoms with Crippen molar-refractivity contribution >= 4 is 21.7 Å². The lowest BCUT2D eigenvalue weighted by Crippen LogP contribution is -2.33. The maximum Gasteiger partial charge on any atom is 0.304 e. The molecule has 1 N–H and O–H groups in total. The quantitative estimate of drug-likeness (QED) is 0.429. The Hall–Kier alpha value is -3.47. The molecule has 186 valence electrons. The number of carboxylic acids is 1. The molecule has 0 aromatic heterocycles. The molecule has 7 heteroatoms. The van der Waals surface area contributed by atoms with E-state index in [1.807, 2.05) is 50.2 Å². The van der Waals surface area contributed by atoms with Gasteiger partial charge in [0.15, 0.2) is 5.69 Å². The van der Waals surface area contributed by atoms with E-state index in [4.69, 9.17) is 6.57 Å². The molecule has 4 rings (SSSR count). The van der Waals surface area contributed by atoms with Crippen molar-refractivity contribution in [2.45, 2.75) is 51.0 Å². The van der Waals surface area contributed by atoms with E-state index in [2.05, 4.69) is 11.8 Å². The van der Waals surface area contributed by atoms with Crippen LogP contribution in [0, 0.1) is 26.3 Å². The maximum atomic E-state index is 13.6. The lowest BCUT2D eigenvalue weighted by atomic mass is 9.84. The summed E-state index contributed by atoms with van der Waals surface area (Å²) < 4.78 is 28.8. The molecule has 0 saturated heterocycles. The Bertz CT molecular complexity index is 1460. The van der Waals surface area contributed by atoms with Crippen molar-refractivity contribution in [2.24, 2.45) is 5.92 Å². The van der Waals surface area contributed by atoms with E-state index in [0.29, 0.717) is 23.5 Å². The molecule has 1 aliphatic rings. The normalized spacial score (nSPS) is 18.0. The fourth-order valence-electron chi connectivity index (χ4n) is 5.07. The van der Waals surface area contributed by atoms with Crippen molar-refractivity contribution in [1.29, 1.82) is 0 Å². The Balaban J connectivity index is 1.74. The molecule has 0 spiro atoms. The largest absolute Gasteiger partial charge is 0.481 e. The van der Waals surface area contributed by atoms with Crippen molar-refractivity contribution in [3.05, 3.63) is 105 Å². The molecule has 0 radical (unpaired) electrons. The SMILES string of the molecule is [C-]#[N+]c1ccc(C(CC(=O)O)c2ccc(C)c(CN3CC(C)Cc4ccccc4S3(=O)=O)c2)c(C)c1. The summed E-state index contributed by atoms with van der Waals surface area (Å²) in [4.78, 5) is 15.6. The Morgan fingerprint density at radius 3 is 2.56 bits per heavy atom. The van der Waals surface area contributed by atoms with Crippen molar-refractivity contribution in [3.63, 3.8) is 0 Å². The second-order valence-electron chi connectivity index (χ2n) is 9.70. The van der Waals surface area contributed by atoms with Crippen LogP contribution in [0.15, 0.2) is 65.6 Å². The van der Waals surface area contributed by atoms with E-state index in [9.17, 15) is 18.3 Å². The third-order valence-electron chi connectivity index (χ3n) is 6.93. The van der Waals surface area contributed by atoms with Crippen LogP contribution in [0.25, 0.3) is 4.85 Å². The summed E-state index contributed by atoms with van der Waals surface area (Å²) in [6, 6.07) is 18.3. The third-order valence-corrected chi connectivity index (χ3v) is 8.85. The summed E-state index contributed by atoms with van der Waals surface area (Å²) in [5.41, 5.74) is 5.69. The van der Waals surface area contributed by atoms with E-state index in [0.717, 1.165) is 33.4 Å². The molecule has 0 fully saturated rings. The van der Waals surface area contributed by atoms with Gasteiger partial charge in [-0.2, -0.15) is 4.31 Å². The molecule has 0 bridgehead atoms. The first-order chi connectivity index (χ1) is 17.1. The zero-order valence-corrected chi connectivity index (χ0v) is 21.5. The monoisotopic (exact) mass is 502 g/mol. The number of aliphatic carboxylic acids is 1. The van der Waals surface area contributed by atoms with Crippen LogP contribution in [-0.4, -0.2) is 30.3 Å². The third kappa shape index (κ3) is 5.20. The van der Waals surface area contributed by atoms with Crippen LogP contribution < -0.4 is 0 Å². The topological polar surface area (TPSA) is 79.0 Å². The van der Waals surface area contributed by atoms with Gasteiger partial charge in [0.2, 0.25) is 10.0 Å². The van der Waals surface area contributed by atoms with Gasteiger partial charge in [-0.25, -0.2) is 13.3 Å². The Morgan fingerprint density at radius 2 is 1.86 bits per heavy atom. The molecular formula is C29H30N2O4S. The van der Waals surface area contributed by atoms with E-state index < -0.39 is 21.9 Å². The van der Waals surface area contributed by atoms with Gasteiger partial charge in [-0.05, 0) is 60.1 Å². The predicted octanol–water partition coefficient (Wildman–Crippen LogP) is 5.84. The van der Waals surface area contributed by atoms with Crippen LogP contribution in [0.4, 0.5) is 5.69 Å². The van der Waals surface area contributed by atoms with Crippen LogP contribution >= 0.6 is 0 Å². The van der Waals surface area contributed by atoms with Crippen LogP contribution in [0.1, 0.15) is 52.6 Å². The summed E-state index contributed by atoms with van der Waals surface area (Å²) in [6.45, 7) is 13.8. The zero-order chi connectivity index (χ0) is 26.0. The molecule has 0 amide bonds. The Labute approximate surface area is 213 Å². The second-order valence-corrected chi connectivity index (χ2v) is 11.6. The first-order valence-electron chi connectivity index (χ1n) is 12.0. The number of fused-ring (bicyclic) bond motifs is 1. The smallest absolute Gasteiger partial charge is 0.304 e. The van der Waals surface area contributed by atoms with Crippen LogP contribution in [0.5, 0.6) is 0 Å². The highest BCUT2D eigenvalue weighted by Gasteiger charge is 2.32. The molecule has 3 aromatic rings. The fourth-order valence-corrected chi connectivity index (χ4v) is 6.84. The fraction of sp³-hybridized carbons (Fsp3) is 0.310. The van der Waals surface area contributed by atoms with Crippen LogP contribution in [-0.2, 0) is 27.8 Å². The van der Waals surface area contributed by atoms with E-state index in [-0.39, 0.29) is 18.9 Å². The minimum Gasteiger partial charge on any atom is -0.481 e. The number of carboxylic acid groups (broad SMARTS) is 1. The first-order valence-corrected chi connectivity index (χ1v) is 13.4. The molecule has 1 aliphatic heterocycles. The van der Waals surface area contributed by atoms with Gasteiger partial charge in [0.05, 0.1) is 17.9 Å². The van der Waals surface area contributed by atoms with Crippen molar-refractivity contribution < 1.29 is 18.3 Å². The second kappa shape index (κ2) is 10.3. The molecule has 6 nitrogen and oxygen atoms in total. The van der Waals surface area contributed by atoms with Gasteiger partial charge < -0.3 is 5.11 Å². The molecule has 36 heavy (non-hydrogen) atoms. The number of rotatable bonds is 6. The summed E-state index contributed by atoms with van der Waals surface area (Å²) >= 11 is 0. The summed E-state index contributed by atoms with van der Waals surface area (Å²) in [5.74, 6) is -1.17. The number of benzene rings is 3. The van der Waals surface area contributed by atoms with Gasteiger partial charge in [0.25, 0.3) is 0 Å². The average molecular weight is 503 g/mol. The molecule has 2 atom stereocenters. The lowest BCUT2D eigenvalue weighted by Gasteiger charge is -2.25. The lowest BCUT2D eigenvalue weighted by molar-refractivity contribution is -0.137. The number of nitrogens with zero attached hydrogens (tertiary/aromatic N) is 2. The van der Waals surface area contributed by atoms with Gasteiger partial charge in [-0.1, -0.05) is 67.1 Å². The van der Waals surface area contributed by atoms with E-state index in [1.54, 1.807) is 28.6 Å². The number of hydrogen-bond donors (Lipinski definition) is 1. The molecule has 2 unspecified atom stereocenters. The summed E-state index contributed by atoms with van der Waals surface area (Å²) in [6.07, 6.45) is 0.596. The van der Waals surface area contributed by atoms with Gasteiger partial charge >= 0.3 is 5.97 Å². The minimum absolute atomic E-state index is 0.104. The number of sulfonamides is 1. The number of aryl methyl sites for hydroxylation is 2. The molecular weight excluding hydrogens is 472 g/mol. The highest BCUT2D eigenvalue weighted by molar-refractivity contribution is 7.89. The van der Waals surface area contributed by atoms with Crippen LogP contribution in [0.3, 0.4) is 0 Å². The highest BCUT2D eigenvalue weighted by Crippen LogP contribution is 2.35. The maximum absolute atomic E-state index is 13.6. The van der Waals surface area contributed by atoms with Gasteiger partial charge in [-0.3, -0.25) is 4.79 Å². The Kier molecular flexibility index (Phi) is 7.30. The standard InChI is InChI=1S/C29H30N2O4S/c1-19-13-23-7-5-6-8-28(23)36(34,35)31(17-19)18-24-15-22(10-9-20(24)2)27(16-29(32)33)26-12-11-25(30-4)14-21(26)3/h5-12,14-15,19,27H,13,16-18H2,1-3H3,(H,32,33). The summed E-state index contributed by atoms with van der Waals surface area (Å²) in [5, 5.41) is 9.67. The first kappa shape index (κ1) is 25.6. The molecule has 0 aliphatic carbocycles. The predicted molar refractivity (Wildman–Crippen MR) is 140 cm³/mol. The number of hydrogen-bond acceptors (Lipinski definition) is 3. The molecule has 0 saturated carbocycles. The highest BCUT2D eigenvalue weighted by atomic mass is 32.2. The zero-order valence-electron chi connectivity index (χ0n) is 20.7. The van der Waals surface area contributed by atoms with Crippen molar-refractivity contribution in [2.75, 3.05) is 6.54 Å². The van der Waals surface area contributed by atoms with Gasteiger partial charge in [-0.15, -0.1) is 0 Å². The van der Waals surface area contributed by atoms with E-state index >= 15 is 0 Å². The van der Waals surface area contributed by atoms with Crippen LogP contribution in [0.2, 0.25) is 0 Å². The average Bonchev–Trinajstić information content (AvgIpc) is 2.92. The minimum atomic E-state index is -3.67. The van der Waals surface area contributed by atoms with Crippen molar-refractivity contribution in [3.8, 4) is 0 Å². The summed E-state index contributed by atoms with van der Waals surface area (Å²) in [7, 11) is -3.67. The molecule has 3 aromatic carbocycles. The van der Waals surface area contributed by atoms with Gasteiger partial charge in [0, 0.05) is 19.0 Å². The van der Waals surface area contributed by atoms with Gasteiger partial charge in [0.1, 0.15) is 0 Å². The van der Waals surface area contributed by atoms with Crippen molar-refractivity contribution in [1.82, 2.24) is 4.31 Å².